The molecule has 1 aliphatic heterocycles. The minimum absolute atomic E-state index is 0.176. The topological polar surface area (TPSA) is 34.1 Å². The fourth-order valence-corrected chi connectivity index (χ4v) is 1.29. The zero-order valence-electron chi connectivity index (χ0n) is 7.61. The SMILES string of the molecule is Fc1ncccc1OCC1C=CCN1. The van der Waals surface area contributed by atoms with E-state index in [1.165, 1.54) is 6.20 Å². The second-order valence-electron chi connectivity index (χ2n) is 3.05. The van der Waals surface area contributed by atoms with Crippen LogP contribution < -0.4 is 10.1 Å². The maximum atomic E-state index is 13.0. The molecule has 0 aliphatic carbocycles. The Labute approximate surface area is 81.6 Å². The summed E-state index contributed by atoms with van der Waals surface area (Å²) in [5.41, 5.74) is 0. The molecule has 1 aliphatic rings. The number of ether oxygens (including phenoxy) is 1. The molecular weight excluding hydrogens is 183 g/mol. The number of hydrogen-bond acceptors (Lipinski definition) is 3. The number of nitrogens with zero attached hydrogens (tertiary/aromatic N) is 1. The van der Waals surface area contributed by atoms with E-state index < -0.39 is 5.95 Å². The van der Waals surface area contributed by atoms with Crippen LogP contribution in [0.5, 0.6) is 5.75 Å². The molecule has 0 fully saturated rings. The van der Waals surface area contributed by atoms with Crippen LogP contribution in [-0.2, 0) is 0 Å². The van der Waals surface area contributed by atoms with Gasteiger partial charge in [0.25, 0.3) is 5.95 Å². The van der Waals surface area contributed by atoms with Crippen molar-refractivity contribution in [2.75, 3.05) is 13.2 Å². The van der Waals surface area contributed by atoms with Crippen LogP contribution in [0.15, 0.2) is 30.5 Å². The van der Waals surface area contributed by atoms with Crippen molar-refractivity contribution in [3.8, 4) is 5.75 Å². The molecule has 0 saturated carbocycles. The molecule has 1 atom stereocenters. The zero-order valence-corrected chi connectivity index (χ0v) is 7.61. The van der Waals surface area contributed by atoms with Crippen molar-refractivity contribution >= 4 is 0 Å². The van der Waals surface area contributed by atoms with Gasteiger partial charge in [-0.25, -0.2) is 4.98 Å². The molecule has 1 aromatic rings. The summed E-state index contributed by atoms with van der Waals surface area (Å²) in [6.07, 6.45) is 5.43. The van der Waals surface area contributed by atoms with Crippen molar-refractivity contribution < 1.29 is 9.13 Å². The summed E-state index contributed by atoms with van der Waals surface area (Å²) in [5, 5.41) is 3.17. The minimum atomic E-state index is -0.561. The van der Waals surface area contributed by atoms with Gasteiger partial charge in [0, 0.05) is 12.7 Å². The minimum Gasteiger partial charge on any atom is -0.487 e. The predicted molar refractivity (Wildman–Crippen MR) is 50.6 cm³/mol. The van der Waals surface area contributed by atoms with E-state index in [0.29, 0.717) is 6.61 Å². The van der Waals surface area contributed by atoms with Crippen molar-refractivity contribution in [3.63, 3.8) is 0 Å². The highest BCUT2D eigenvalue weighted by atomic mass is 19.1. The van der Waals surface area contributed by atoms with E-state index in [1.54, 1.807) is 12.1 Å². The molecule has 0 saturated heterocycles. The Morgan fingerprint density at radius 1 is 1.64 bits per heavy atom. The third-order valence-corrected chi connectivity index (χ3v) is 2.01. The molecule has 0 aromatic carbocycles. The van der Waals surface area contributed by atoms with E-state index in [4.69, 9.17) is 4.74 Å². The van der Waals surface area contributed by atoms with Crippen LogP contribution in [0.1, 0.15) is 0 Å². The van der Waals surface area contributed by atoms with Crippen LogP contribution in [0.3, 0.4) is 0 Å². The van der Waals surface area contributed by atoms with Gasteiger partial charge in [0.05, 0.1) is 6.04 Å². The van der Waals surface area contributed by atoms with E-state index in [-0.39, 0.29) is 11.8 Å². The van der Waals surface area contributed by atoms with Gasteiger partial charge in [-0.1, -0.05) is 12.2 Å². The van der Waals surface area contributed by atoms with Crippen molar-refractivity contribution in [2.45, 2.75) is 6.04 Å². The highest BCUT2D eigenvalue weighted by Crippen LogP contribution is 2.13. The average Bonchev–Trinajstić information content (AvgIpc) is 2.69. The summed E-state index contributed by atoms with van der Waals surface area (Å²) >= 11 is 0. The standard InChI is InChI=1S/C10H11FN2O/c11-10-9(4-2-6-13-10)14-7-8-3-1-5-12-8/h1-4,6,8,12H,5,7H2. The Morgan fingerprint density at radius 3 is 3.29 bits per heavy atom. The van der Waals surface area contributed by atoms with E-state index in [1.807, 2.05) is 12.2 Å². The highest BCUT2D eigenvalue weighted by Gasteiger charge is 2.10. The van der Waals surface area contributed by atoms with Crippen molar-refractivity contribution in [2.24, 2.45) is 0 Å². The Kier molecular flexibility index (Phi) is 2.74. The summed E-state index contributed by atoms with van der Waals surface area (Å²) in [6.45, 7) is 1.28. The molecule has 0 amide bonds. The lowest BCUT2D eigenvalue weighted by atomic mass is 10.3. The quantitative estimate of drug-likeness (QED) is 0.578. The third kappa shape index (κ3) is 2.09. The molecule has 1 aromatic heterocycles. The van der Waals surface area contributed by atoms with Crippen LogP contribution in [-0.4, -0.2) is 24.2 Å². The van der Waals surface area contributed by atoms with Crippen LogP contribution in [0, 0.1) is 5.95 Å². The maximum absolute atomic E-state index is 13.0. The highest BCUT2D eigenvalue weighted by molar-refractivity contribution is 5.18. The maximum Gasteiger partial charge on any atom is 0.255 e. The van der Waals surface area contributed by atoms with E-state index in [2.05, 4.69) is 10.3 Å². The first-order valence-electron chi connectivity index (χ1n) is 4.49. The average molecular weight is 194 g/mol. The van der Waals surface area contributed by atoms with Crippen molar-refractivity contribution in [1.82, 2.24) is 10.3 Å². The Morgan fingerprint density at radius 2 is 2.57 bits per heavy atom. The third-order valence-electron chi connectivity index (χ3n) is 2.01. The number of nitrogens with one attached hydrogen (secondary N) is 1. The summed E-state index contributed by atoms with van der Waals surface area (Å²) < 4.78 is 18.3. The molecule has 4 heteroatoms. The summed E-state index contributed by atoms with van der Waals surface area (Å²) in [5.74, 6) is -0.357. The summed E-state index contributed by atoms with van der Waals surface area (Å²) in [7, 11) is 0. The molecular formula is C10H11FN2O. The van der Waals surface area contributed by atoms with Gasteiger partial charge in [0.1, 0.15) is 6.61 Å². The van der Waals surface area contributed by atoms with Gasteiger partial charge >= 0.3 is 0 Å². The van der Waals surface area contributed by atoms with Gasteiger partial charge < -0.3 is 10.1 Å². The van der Waals surface area contributed by atoms with Crippen LogP contribution in [0.2, 0.25) is 0 Å². The zero-order chi connectivity index (χ0) is 9.80. The molecule has 14 heavy (non-hydrogen) atoms. The first-order valence-corrected chi connectivity index (χ1v) is 4.49. The first kappa shape index (κ1) is 9.15. The molecule has 2 heterocycles. The number of aromatic nitrogens is 1. The van der Waals surface area contributed by atoms with Crippen molar-refractivity contribution in [3.05, 3.63) is 36.4 Å². The molecule has 1 N–H and O–H groups in total. The lowest BCUT2D eigenvalue weighted by molar-refractivity contribution is 0.276. The second kappa shape index (κ2) is 4.19. The smallest absolute Gasteiger partial charge is 0.255 e. The molecule has 0 radical (unpaired) electrons. The van der Waals surface area contributed by atoms with Gasteiger partial charge in [-0.2, -0.15) is 4.39 Å². The van der Waals surface area contributed by atoms with Crippen LogP contribution in [0.25, 0.3) is 0 Å². The van der Waals surface area contributed by atoms with Gasteiger partial charge in [0.15, 0.2) is 5.75 Å². The Balaban J connectivity index is 1.91. The van der Waals surface area contributed by atoms with Crippen LogP contribution >= 0.6 is 0 Å². The number of halogens is 1. The van der Waals surface area contributed by atoms with Gasteiger partial charge in [-0.15, -0.1) is 0 Å². The molecule has 0 bridgehead atoms. The monoisotopic (exact) mass is 194 g/mol. The molecule has 2 rings (SSSR count). The van der Waals surface area contributed by atoms with E-state index >= 15 is 0 Å². The van der Waals surface area contributed by atoms with Crippen molar-refractivity contribution in [1.29, 1.82) is 0 Å². The fourth-order valence-electron chi connectivity index (χ4n) is 1.29. The van der Waals surface area contributed by atoms with E-state index in [9.17, 15) is 4.39 Å². The summed E-state index contributed by atoms with van der Waals surface area (Å²) in [4.78, 5) is 3.49. The first-order chi connectivity index (χ1) is 6.86. The van der Waals surface area contributed by atoms with Gasteiger partial charge in [-0.05, 0) is 12.1 Å². The largest absolute Gasteiger partial charge is 0.487 e. The Hall–Kier alpha value is -1.42. The van der Waals surface area contributed by atoms with Gasteiger partial charge in [0.2, 0.25) is 0 Å². The Bertz CT molecular complexity index is 341. The normalized spacial score (nSPS) is 19.9. The van der Waals surface area contributed by atoms with E-state index in [0.717, 1.165) is 6.54 Å². The lowest BCUT2D eigenvalue weighted by Gasteiger charge is -2.10. The number of pyridine rings is 1. The molecule has 1 unspecified atom stereocenters. The van der Waals surface area contributed by atoms with Gasteiger partial charge in [-0.3, -0.25) is 0 Å². The lowest BCUT2D eigenvalue weighted by Crippen LogP contribution is -2.28. The molecule has 0 spiro atoms. The molecule has 3 nitrogen and oxygen atoms in total. The second-order valence-corrected chi connectivity index (χ2v) is 3.05. The van der Waals surface area contributed by atoms with Crippen LogP contribution in [0.4, 0.5) is 4.39 Å². The number of hydrogen-bond donors (Lipinski definition) is 1. The number of rotatable bonds is 3. The predicted octanol–water partition coefficient (Wildman–Crippen LogP) is 1.13. The molecule has 74 valence electrons. The fraction of sp³-hybridized carbons (Fsp3) is 0.300. The summed E-state index contributed by atoms with van der Waals surface area (Å²) in [6, 6.07) is 3.40.